The summed E-state index contributed by atoms with van der Waals surface area (Å²) in [5, 5.41) is 3.57. The van der Waals surface area contributed by atoms with Crippen LogP contribution in [0.25, 0.3) is 0 Å². The molecule has 0 amide bonds. The van der Waals surface area contributed by atoms with Crippen LogP contribution in [0.15, 0.2) is 18.2 Å². The molecule has 1 fully saturated rings. The first kappa shape index (κ1) is 14.6. The summed E-state index contributed by atoms with van der Waals surface area (Å²) >= 11 is 0. The lowest BCUT2D eigenvalue weighted by atomic mass is 10.1. The molecule has 2 aliphatic heterocycles. The fraction of sp³-hybridized carbons (Fsp3) is 0.625. The van der Waals surface area contributed by atoms with E-state index in [9.17, 15) is 0 Å². The topological polar surface area (TPSA) is 37.0 Å². The molecule has 5 heteroatoms. The first-order valence-corrected chi connectivity index (χ1v) is 7.71. The lowest BCUT2D eigenvalue weighted by Gasteiger charge is -2.37. The van der Waals surface area contributed by atoms with E-state index in [1.807, 2.05) is 12.1 Å². The summed E-state index contributed by atoms with van der Waals surface area (Å²) in [6.45, 7) is 6.51. The van der Waals surface area contributed by atoms with E-state index >= 15 is 0 Å². The molecule has 2 aliphatic rings. The molecule has 0 aliphatic carbocycles. The molecule has 0 radical (unpaired) electrons. The molecule has 1 N–H and O–H groups in total. The average molecular weight is 291 g/mol. The van der Waals surface area contributed by atoms with Gasteiger partial charge in [-0.3, -0.25) is 4.90 Å². The van der Waals surface area contributed by atoms with Crippen molar-refractivity contribution < 1.29 is 9.47 Å². The number of hydrogen-bond donors (Lipinski definition) is 1. The summed E-state index contributed by atoms with van der Waals surface area (Å²) in [4.78, 5) is 4.83. The Morgan fingerprint density at radius 3 is 2.95 bits per heavy atom. The minimum Gasteiger partial charge on any atom is -0.486 e. The minimum atomic E-state index is 0.570. The van der Waals surface area contributed by atoms with Crippen LogP contribution >= 0.6 is 0 Å². The summed E-state index contributed by atoms with van der Waals surface area (Å²) in [6, 6.07) is 6.69. The Morgan fingerprint density at radius 1 is 1.19 bits per heavy atom. The van der Waals surface area contributed by atoms with Gasteiger partial charge in [0.2, 0.25) is 0 Å². The smallest absolute Gasteiger partial charge is 0.165 e. The zero-order valence-electron chi connectivity index (χ0n) is 13.0. The third-order valence-electron chi connectivity index (χ3n) is 4.32. The number of nitrogens with one attached hydrogen (secondary N) is 1. The third-order valence-corrected chi connectivity index (χ3v) is 4.32. The fourth-order valence-electron chi connectivity index (χ4n) is 2.97. The molecule has 0 saturated carbocycles. The maximum absolute atomic E-state index is 5.75. The number of rotatable bonds is 4. The van der Waals surface area contributed by atoms with Crippen LogP contribution in [0.2, 0.25) is 0 Å². The van der Waals surface area contributed by atoms with Gasteiger partial charge in [0.1, 0.15) is 13.2 Å². The summed E-state index contributed by atoms with van der Waals surface area (Å²) in [5.41, 5.74) is 1.18. The molecular formula is C16H25N3O2. The lowest BCUT2D eigenvalue weighted by molar-refractivity contribution is 0.113. The number of fused-ring (bicyclic) bond motifs is 1. The molecule has 1 saturated heterocycles. The van der Waals surface area contributed by atoms with Crippen LogP contribution in [-0.4, -0.2) is 69.3 Å². The zero-order chi connectivity index (χ0) is 14.7. The summed E-state index contributed by atoms with van der Waals surface area (Å²) in [7, 11) is 4.40. The Balaban J connectivity index is 1.56. The Morgan fingerprint density at radius 2 is 2.05 bits per heavy atom. The standard InChI is InChI=1S/C16H25N3O2/c1-18-6-7-19(2)14(12-18)11-17-10-13-4-3-5-15-16(13)21-9-8-20-15/h3-5,14,17H,6-12H2,1-2H3. The molecule has 1 unspecified atom stereocenters. The van der Waals surface area contributed by atoms with Gasteiger partial charge in [-0.25, -0.2) is 0 Å². The van der Waals surface area contributed by atoms with E-state index < -0.39 is 0 Å². The maximum atomic E-state index is 5.75. The number of benzene rings is 1. The molecule has 0 aromatic heterocycles. The summed E-state index contributed by atoms with van der Waals surface area (Å²) in [6.07, 6.45) is 0. The predicted molar refractivity (Wildman–Crippen MR) is 83.1 cm³/mol. The second kappa shape index (κ2) is 6.64. The highest BCUT2D eigenvalue weighted by Gasteiger charge is 2.22. The van der Waals surface area contributed by atoms with Crippen LogP contribution in [0.5, 0.6) is 11.5 Å². The second-order valence-electron chi connectivity index (χ2n) is 5.97. The molecular weight excluding hydrogens is 266 g/mol. The van der Waals surface area contributed by atoms with E-state index in [2.05, 4.69) is 35.3 Å². The van der Waals surface area contributed by atoms with Gasteiger partial charge in [-0.05, 0) is 20.2 Å². The fourth-order valence-corrected chi connectivity index (χ4v) is 2.97. The summed E-state index contributed by atoms with van der Waals surface area (Å²) < 4.78 is 11.4. The van der Waals surface area contributed by atoms with Crippen LogP contribution in [0, 0.1) is 0 Å². The number of ether oxygens (including phenoxy) is 2. The van der Waals surface area contributed by atoms with Gasteiger partial charge in [-0.15, -0.1) is 0 Å². The molecule has 5 nitrogen and oxygen atoms in total. The average Bonchev–Trinajstić information content (AvgIpc) is 2.51. The maximum Gasteiger partial charge on any atom is 0.165 e. The van der Waals surface area contributed by atoms with Gasteiger partial charge < -0.3 is 19.7 Å². The molecule has 116 valence electrons. The Bertz CT molecular complexity index is 481. The molecule has 1 atom stereocenters. The molecule has 1 aromatic rings. The van der Waals surface area contributed by atoms with Gasteiger partial charge in [0, 0.05) is 44.3 Å². The van der Waals surface area contributed by atoms with Crippen LogP contribution in [0.1, 0.15) is 5.56 Å². The highest BCUT2D eigenvalue weighted by Crippen LogP contribution is 2.33. The van der Waals surface area contributed by atoms with Crippen molar-refractivity contribution in [2.75, 3.05) is 53.5 Å². The van der Waals surface area contributed by atoms with Crippen LogP contribution in [0.3, 0.4) is 0 Å². The SMILES string of the molecule is CN1CCN(C)C(CNCc2cccc3c2OCCO3)C1. The van der Waals surface area contributed by atoms with Crippen LogP contribution < -0.4 is 14.8 Å². The van der Waals surface area contributed by atoms with Crippen LogP contribution in [0.4, 0.5) is 0 Å². The molecule has 0 spiro atoms. The van der Waals surface area contributed by atoms with Gasteiger partial charge in [-0.2, -0.15) is 0 Å². The van der Waals surface area contributed by atoms with E-state index in [1.165, 1.54) is 5.56 Å². The van der Waals surface area contributed by atoms with Crippen molar-refractivity contribution in [1.29, 1.82) is 0 Å². The van der Waals surface area contributed by atoms with Crippen LogP contribution in [-0.2, 0) is 6.54 Å². The number of likely N-dealkylation sites (N-methyl/N-ethyl adjacent to an activating group) is 2. The highest BCUT2D eigenvalue weighted by atomic mass is 16.6. The normalized spacial score (nSPS) is 23.2. The Kier molecular flexibility index (Phi) is 4.63. The van der Waals surface area contributed by atoms with Gasteiger partial charge in [0.15, 0.2) is 11.5 Å². The Hall–Kier alpha value is -1.30. The second-order valence-corrected chi connectivity index (χ2v) is 5.97. The lowest BCUT2D eigenvalue weighted by Crippen LogP contribution is -2.53. The van der Waals surface area contributed by atoms with Crippen molar-refractivity contribution in [3.05, 3.63) is 23.8 Å². The Labute approximate surface area is 126 Å². The van der Waals surface area contributed by atoms with Crippen molar-refractivity contribution in [1.82, 2.24) is 15.1 Å². The number of nitrogens with zero attached hydrogens (tertiary/aromatic N) is 2. The van der Waals surface area contributed by atoms with Crippen molar-refractivity contribution >= 4 is 0 Å². The highest BCUT2D eigenvalue weighted by molar-refractivity contribution is 5.47. The molecule has 2 heterocycles. The number of piperazine rings is 1. The van der Waals surface area contributed by atoms with E-state index in [0.717, 1.165) is 44.2 Å². The number of para-hydroxylation sites is 1. The largest absolute Gasteiger partial charge is 0.486 e. The molecule has 3 rings (SSSR count). The van der Waals surface area contributed by atoms with Crippen molar-refractivity contribution in [2.45, 2.75) is 12.6 Å². The van der Waals surface area contributed by atoms with Crippen molar-refractivity contribution in [3.63, 3.8) is 0 Å². The molecule has 21 heavy (non-hydrogen) atoms. The molecule has 0 bridgehead atoms. The number of hydrogen-bond acceptors (Lipinski definition) is 5. The van der Waals surface area contributed by atoms with Crippen molar-refractivity contribution in [2.24, 2.45) is 0 Å². The minimum absolute atomic E-state index is 0.570. The molecule has 1 aromatic carbocycles. The zero-order valence-corrected chi connectivity index (χ0v) is 13.0. The first-order chi connectivity index (χ1) is 10.2. The quantitative estimate of drug-likeness (QED) is 0.888. The predicted octanol–water partition coefficient (Wildman–Crippen LogP) is 0.793. The third kappa shape index (κ3) is 3.48. The van der Waals surface area contributed by atoms with Gasteiger partial charge in [-0.1, -0.05) is 12.1 Å². The van der Waals surface area contributed by atoms with E-state index in [0.29, 0.717) is 19.3 Å². The summed E-state index contributed by atoms with van der Waals surface area (Å²) in [5.74, 6) is 1.78. The van der Waals surface area contributed by atoms with Gasteiger partial charge >= 0.3 is 0 Å². The van der Waals surface area contributed by atoms with Crippen molar-refractivity contribution in [3.8, 4) is 11.5 Å². The van der Waals surface area contributed by atoms with E-state index in [1.54, 1.807) is 0 Å². The first-order valence-electron chi connectivity index (χ1n) is 7.71. The van der Waals surface area contributed by atoms with Gasteiger partial charge in [0.25, 0.3) is 0 Å². The van der Waals surface area contributed by atoms with Gasteiger partial charge in [0.05, 0.1) is 0 Å². The van der Waals surface area contributed by atoms with E-state index in [-0.39, 0.29) is 0 Å². The van der Waals surface area contributed by atoms with E-state index in [4.69, 9.17) is 9.47 Å². The monoisotopic (exact) mass is 291 g/mol.